The number of rotatable bonds is 15. The van der Waals surface area contributed by atoms with E-state index in [1.54, 1.807) is 45.3 Å². The third kappa shape index (κ3) is 13.8. The van der Waals surface area contributed by atoms with Gasteiger partial charge in [-0.25, -0.2) is 18.4 Å². The standard InChI is InChI=1S/C21H28N4O5S.C12H20N4O3S/c1-6-10-15(2)14-31(28,23-19(26)18-13-25(4)22-20(18)29-5)24-21(27)30-16(3)17-11-8-7-9-12-17;1-5-6-9(2)8-20(13,18)15-11(17)10-7-16(3)14-12(10)19-4/h6-9,11-13,15-16H,1,10,14H2,2-5H3,(H,23,24,26,27,28);5,7,9H,1,6,8H2,2-4H3,(H2,13,15,17,18)/t15-,16-,31?;9-,20?/m00/s1. The first-order valence-corrected chi connectivity index (χ1v) is 19.2. The lowest BCUT2D eigenvalue weighted by Gasteiger charge is -2.16. The summed E-state index contributed by atoms with van der Waals surface area (Å²) in [5, 5.41) is 13.6. The van der Waals surface area contributed by atoms with Gasteiger partial charge in [0.1, 0.15) is 37.1 Å². The van der Waals surface area contributed by atoms with E-state index < -0.39 is 43.8 Å². The molecule has 3 aromatic rings. The molecule has 2 heterocycles. The topological polar surface area (TPSA) is 211 Å². The molecule has 0 spiro atoms. The molecule has 0 radical (unpaired) electrons. The number of aryl methyl sites for hydroxylation is 2. The molecular formula is C33H48N8O8S2. The van der Waals surface area contributed by atoms with Crippen molar-refractivity contribution >= 4 is 37.7 Å². The van der Waals surface area contributed by atoms with Crippen LogP contribution in [0.3, 0.4) is 0 Å². The Morgan fingerprint density at radius 1 is 0.882 bits per heavy atom. The summed E-state index contributed by atoms with van der Waals surface area (Å²) < 4.78 is 53.6. The van der Waals surface area contributed by atoms with Crippen LogP contribution in [0.1, 0.15) is 66.0 Å². The summed E-state index contributed by atoms with van der Waals surface area (Å²) in [5.41, 5.74) is 0.988. The van der Waals surface area contributed by atoms with Gasteiger partial charge < -0.3 is 14.2 Å². The normalized spacial score (nSPS) is 14.8. The largest absolute Gasteiger partial charge is 0.479 e. The molecule has 280 valence electrons. The predicted octanol–water partition coefficient (Wildman–Crippen LogP) is 4.77. The third-order valence-electron chi connectivity index (χ3n) is 6.88. The highest BCUT2D eigenvalue weighted by Crippen LogP contribution is 2.20. The fraction of sp³-hybridized carbons (Fsp3) is 0.424. The molecule has 18 heteroatoms. The Balaban J connectivity index is 0.000000389. The second kappa shape index (κ2) is 19.5. The number of carbonyl (C=O) groups is 3. The molecule has 0 bridgehead atoms. The smallest absolute Gasteiger partial charge is 0.443 e. The number of nitrogens with one attached hydrogen (secondary N) is 1. The first kappa shape index (κ1) is 42.4. The van der Waals surface area contributed by atoms with Crippen molar-refractivity contribution in [1.29, 1.82) is 0 Å². The molecule has 3 rings (SSSR count). The van der Waals surface area contributed by atoms with E-state index >= 15 is 0 Å². The van der Waals surface area contributed by atoms with Crippen LogP contribution in [-0.4, -0.2) is 71.6 Å². The van der Waals surface area contributed by atoms with Gasteiger partial charge in [-0.3, -0.25) is 23.7 Å². The minimum Gasteiger partial charge on any atom is -0.479 e. The van der Waals surface area contributed by atoms with Crippen molar-refractivity contribution < 1.29 is 37.0 Å². The second-order valence-corrected chi connectivity index (χ2v) is 15.6. The SMILES string of the molecule is C=CC[C@H](C)CS(=O)(=NC(=O)O[C@@H](C)c1ccccc1)NC(=O)c1cn(C)nc1OC.C=CC[C@H](C)CS(N)(=O)=NC(=O)c1cn(C)nc1OC. The van der Waals surface area contributed by atoms with Gasteiger partial charge in [-0.1, -0.05) is 56.3 Å². The van der Waals surface area contributed by atoms with E-state index in [4.69, 9.17) is 19.3 Å². The van der Waals surface area contributed by atoms with Crippen LogP contribution < -0.4 is 19.3 Å². The fourth-order valence-corrected chi connectivity index (χ4v) is 7.85. The van der Waals surface area contributed by atoms with Crippen molar-refractivity contribution in [2.45, 2.75) is 39.7 Å². The summed E-state index contributed by atoms with van der Waals surface area (Å²) in [6.45, 7) is 12.7. The van der Waals surface area contributed by atoms with Crippen LogP contribution in [0.4, 0.5) is 4.79 Å². The Labute approximate surface area is 300 Å². The van der Waals surface area contributed by atoms with Crippen LogP contribution in [0.2, 0.25) is 0 Å². The molecule has 3 amide bonds. The molecule has 0 saturated carbocycles. The van der Waals surface area contributed by atoms with Crippen molar-refractivity contribution in [3.05, 3.63) is 84.7 Å². The molecule has 0 aliphatic carbocycles. The molecule has 0 fully saturated rings. The molecule has 5 atom stereocenters. The average molecular weight is 749 g/mol. The Kier molecular flexibility index (Phi) is 16.2. The van der Waals surface area contributed by atoms with Crippen molar-refractivity contribution in [3.8, 4) is 11.8 Å². The number of carbonyl (C=O) groups excluding carboxylic acids is 3. The number of nitrogens with two attached hydrogens (primary N) is 1. The quantitative estimate of drug-likeness (QED) is 0.203. The molecule has 0 aliphatic heterocycles. The predicted molar refractivity (Wildman–Crippen MR) is 196 cm³/mol. The number of amides is 3. The van der Waals surface area contributed by atoms with Gasteiger partial charge in [-0.15, -0.1) is 32.1 Å². The van der Waals surface area contributed by atoms with Gasteiger partial charge in [0.05, 0.1) is 20.0 Å². The van der Waals surface area contributed by atoms with Crippen LogP contribution >= 0.6 is 0 Å². The van der Waals surface area contributed by atoms with E-state index in [0.29, 0.717) is 12.8 Å². The minimum absolute atomic E-state index is 0.0392. The maximum atomic E-state index is 13.5. The summed E-state index contributed by atoms with van der Waals surface area (Å²) in [6, 6.07) is 9.09. The number of ether oxygens (including phenoxy) is 3. The number of benzene rings is 1. The van der Waals surface area contributed by atoms with Gasteiger partial charge in [0.15, 0.2) is 0 Å². The zero-order chi connectivity index (χ0) is 38.4. The molecule has 51 heavy (non-hydrogen) atoms. The van der Waals surface area contributed by atoms with Gasteiger partial charge in [0.2, 0.25) is 11.8 Å². The molecule has 1 aromatic carbocycles. The number of aromatic nitrogens is 4. The van der Waals surface area contributed by atoms with E-state index in [-0.39, 0.29) is 46.2 Å². The molecular weight excluding hydrogens is 701 g/mol. The third-order valence-corrected chi connectivity index (χ3v) is 10.4. The summed E-state index contributed by atoms with van der Waals surface area (Å²) >= 11 is 0. The molecule has 16 nitrogen and oxygen atoms in total. The highest BCUT2D eigenvalue weighted by Gasteiger charge is 2.25. The monoisotopic (exact) mass is 748 g/mol. The van der Waals surface area contributed by atoms with Crippen molar-refractivity contribution in [1.82, 2.24) is 24.3 Å². The zero-order valence-electron chi connectivity index (χ0n) is 30.0. The van der Waals surface area contributed by atoms with E-state index in [0.717, 1.165) is 5.56 Å². The highest BCUT2D eigenvalue weighted by atomic mass is 32.2. The van der Waals surface area contributed by atoms with E-state index in [1.807, 2.05) is 32.0 Å². The van der Waals surface area contributed by atoms with Gasteiger partial charge in [-0.2, -0.15) is 0 Å². The van der Waals surface area contributed by atoms with E-state index in [2.05, 4.69) is 36.8 Å². The second-order valence-electron chi connectivity index (χ2n) is 11.7. The molecule has 3 N–H and O–H groups in total. The lowest BCUT2D eigenvalue weighted by atomic mass is 10.1. The average Bonchev–Trinajstić information content (AvgIpc) is 3.62. The maximum absolute atomic E-state index is 13.5. The van der Waals surface area contributed by atoms with Crippen molar-refractivity contribution in [2.75, 3.05) is 25.7 Å². The molecule has 0 saturated heterocycles. The number of hydrogen-bond donors (Lipinski definition) is 2. The first-order chi connectivity index (χ1) is 24.0. The molecule has 2 unspecified atom stereocenters. The highest BCUT2D eigenvalue weighted by molar-refractivity contribution is 7.92. The lowest BCUT2D eigenvalue weighted by Crippen LogP contribution is -2.35. The Bertz CT molecular complexity index is 1920. The summed E-state index contributed by atoms with van der Waals surface area (Å²) in [4.78, 5) is 37.2. The lowest BCUT2D eigenvalue weighted by molar-refractivity contribution is 0.0976. The van der Waals surface area contributed by atoms with E-state index in [9.17, 15) is 22.8 Å². The Morgan fingerprint density at radius 3 is 1.92 bits per heavy atom. The maximum Gasteiger partial charge on any atom is 0.443 e. The number of nitrogens with zero attached hydrogens (tertiary/aromatic N) is 6. The fourth-order valence-electron chi connectivity index (χ4n) is 4.65. The Hall–Kier alpha value is -4.81. The van der Waals surface area contributed by atoms with Crippen molar-refractivity contribution in [3.63, 3.8) is 0 Å². The van der Waals surface area contributed by atoms with Crippen LogP contribution in [-0.2, 0) is 38.7 Å². The van der Waals surface area contributed by atoms with Gasteiger partial charge in [0, 0.05) is 32.2 Å². The van der Waals surface area contributed by atoms with Crippen LogP contribution in [0.15, 0.2) is 76.8 Å². The van der Waals surface area contributed by atoms with Crippen LogP contribution in [0.5, 0.6) is 11.8 Å². The van der Waals surface area contributed by atoms with Gasteiger partial charge in [0.25, 0.3) is 11.8 Å². The molecule has 2 aromatic heterocycles. The number of hydrogen-bond acceptors (Lipinski definition) is 10. The first-order valence-electron chi connectivity index (χ1n) is 15.7. The van der Waals surface area contributed by atoms with Crippen LogP contribution in [0, 0.1) is 11.8 Å². The van der Waals surface area contributed by atoms with Crippen molar-refractivity contribution in [2.24, 2.45) is 39.8 Å². The number of methoxy groups -OCH3 is 2. The Morgan fingerprint density at radius 2 is 1.39 bits per heavy atom. The summed E-state index contributed by atoms with van der Waals surface area (Å²) in [7, 11) is -0.542. The summed E-state index contributed by atoms with van der Waals surface area (Å²) in [5.74, 6) is -1.23. The van der Waals surface area contributed by atoms with Gasteiger partial charge in [-0.05, 0) is 37.2 Å². The minimum atomic E-state index is -3.49. The zero-order valence-corrected chi connectivity index (χ0v) is 31.6. The molecule has 0 aliphatic rings. The van der Waals surface area contributed by atoms with E-state index in [1.165, 1.54) is 36.0 Å². The van der Waals surface area contributed by atoms with Gasteiger partial charge >= 0.3 is 6.09 Å². The number of allylic oxidation sites excluding steroid dienone is 2. The summed E-state index contributed by atoms with van der Waals surface area (Å²) in [6.07, 6.45) is 5.84. The van der Waals surface area contributed by atoms with Crippen LogP contribution in [0.25, 0.3) is 0 Å².